The van der Waals surface area contributed by atoms with Crippen LogP contribution in [0.2, 0.25) is 0 Å². The van der Waals surface area contributed by atoms with Gasteiger partial charge in [0.15, 0.2) is 0 Å². The van der Waals surface area contributed by atoms with Gasteiger partial charge in [-0.3, -0.25) is 4.98 Å². The SMILES string of the molecule is CC(CNCc1ccco1)Oc1ccc2cccnc2c1. The normalized spacial score (nSPS) is 12.4. The summed E-state index contributed by atoms with van der Waals surface area (Å²) in [5.41, 5.74) is 0.950. The summed E-state index contributed by atoms with van der Waals surface area (Å²) >= 11 is 0. The van der Waals surface area contributed by atoms with Gasteiger partial charge in [0.05, 0.1) is 18.3 Å². The highest BCUT2D eigenvalue weighted by atomic mass is 16.5. The van der Waals surface area contributed by atoms with Crippen LogP contribution < -0.4 is 10.1 Å². The van der Waals surface area contributed by atoms with Crippen molar-refractivity contribution < 1.29 is 9.15 Å². The van der Waals surface area contributed by atoms with E-state index in [1.165, 1.54) is 0 Å². The quantitative estimate of drug-likeness (QED) is 0.753. The van der Waals surface area contributed by atoms with Crippen molar-refractivity contribution in [1.29, 1.82) is 0 Å². The van der Waals surface area contributed by atoms with Gasteiger partial charge in [0.1, 0.15) is 17.6 Å². The lowest BCUT2D eigenvalue weighted by Crippen LogP contribution is -2.28. The molecule has 3 rings (SSSR count). The zero-order chi connectivity index (χ0) is 14.5. The molecule has 0 amide bonds. The first kappa shape index (κ1) is 13.6. The summed E-state index contributed by atoms with van der Waals surface area (Å²) in [5, 5.41) is 4.43. The third kappa shape index (κ3) is 3.61. The Morgan fingerprint density at radius 3 is 3.05 bits per heavy atom. The van der Waals surface area contributed by atoms with E-state index < -0.39 is 0 Å². The first-order valence-electron chi connectivity index (χ1n) is 7.06. The van der Waals surface area contributed by atoms with Gasteiger partial charge < -0.3 is 14.5 Å². The number of rotatable bonds is 6. The van der Waals surface area contributed by atoms with E-state index in [1.54, 1.807) is 12.5 Å². The number of nitrogens with one attached hydrogen (secondary N) is 1. The van der Waals surface area contributed by atoms with Crippen LogP contribution in [-0.4, -0.2) is 17.6 Å². The molecular weight excluding hydrogens is 264 g/mol. The summed E-state index contributed by atoms with van der Waals surface area (Å²) in [6.07, 6.45) is 3.54. The summed E-state index contributed by atoms with van der Waals surface area (Å²) in [4.78, 5) is 4.34. The van der Waals surface area contributed by atoms with Crippen LogP contribution in [0.25, 0.3) is 10.9 Å². The number of fused-ring (bicyclic) bond motifs is 1. The zero-order valence-corrected chi connectivity index (χ0v) is 12.0. The van der Waals surface area contributed by atoms with E-state index in [0.29, 0.717) is 6.54 Å². The average molecular weight is 282 g/mol. The maximum atomic E-state index is 5.91. The molecule has 4 heteroatoms. The van der Waals surface area contributed by atoms with Crippen LogP contribution in [0.15, 0.2) is 59.3 Å². The van der Waals surface area contributed by atoms with Crippen LogP contribution in [0.1, 0.15) is 12.7 Å². The molecule has 2 heterocycles. The third-order valence-electron chi connectivity index (χ3n) is 3.23. The first-order valence-corrected chi connectivity index (χ1v) is 7.06. The van der Waals surface area contributed by atoms with Gasteiger partial charge in [0.2, 0.25) is 0 Å². The van der Waals surface area contributed by atoms with Crippen molar-refractivity contribution in [1.82, 2.24) is 10.3 Å². The van der Waals surface area contributed by atoms with Crippen molar-refractivity contribution in [3.05, 3.63) is 60.7 Å². The van der Waals surface area contributed by atoms with Gasteiger partial charge in [-0.15, -0.1) is 0 Å². The molecule has 0 spiro atoms. The van der Waals surface area contributed by atoms with E-state index in [9.17, 15) is 0 Å². The average Bonchev–Trinajstić information content (AvgIpc) is 3.00. The van der Waals surface area contributed by atoms with Gasteiger partial charge >= 0.3 is 0 Å². The number of benzene rings is 1. The predicted octanol–water partition coefficient (Wildman–Crippen LogP) is 3.38. The number of aromatic nitrogens is 1. The Morgan fingerprint density at radius 2 is 2.19 bits per heavy atom. The fourth-order valence-corrected chi connectivity index (χ4v) is 2.21. The van der Waals surface area contributed by atoms with Crippen molar-refractivity contribution >= 4 is 10.9 Å². The second-order valence-corrected chi connectivity index (χ2v) is 5.00. The van der Waals surface area contributed by atoms with Gasteiger partial charge in [-0.25, -0.2) is 0 Å². The highest BCUT2D eigenvalue weighted by Crippen LogP contribution is 2.19. The molecule has 4 nitrogen and oxygen atoms in total. The second kappa shape index (κ2) is 6.41. The molecule has 1 unspecified atom stereocenters. The highest BCUT2D eigenvalue weighted by Gasteiger charge is 2.05. The maximum Gasteiger partial charge on any atom is 0.121 e. The lowest BCUT2D eigenvalue weighted by Gasteiger charge is -2.15. The van der Waals surface area contributed by atoms with E-state index in [2.05, 4.69) is 10.3 Å². The van der Waals surface area contributed by atoms with Crippen molar-refractivity contribution in [3.63, 3.8) is 0 Å². The summed E-state index contributed by atoms with van der Waals surface area (Å²) in [6.45, 7) is 3.50. The lowest BCUT2D eigenvalue weighted by atomic mass is 10.2. The Hall–Kier alpha value is -2.33. The molecule has 1 aromatic carbocycles. The number of pyridine rings is 1. The number of nitrogens with zero attached hydrogens (tertiary/aromatic N) is 1. The molecule has 0 aliphatic carbocycles. The molecule has 108 valence electrons. The lowest BCUT2D eigenvalue weighted by molar-refractivity contribution is 0.216. The van der Waals surface area contributed by atoms with Crippen molar-refractivity contribution in [2.75, 3.05) is 6.54 Å². The fraction of sp³-hybridized carbons (Fsp3) is 0.235. The summed E-state index contributed by atoms with van der Waals surface area (Å²) in [7, 11) is 0. The van der Waals surface area contributed by atoms with Gasteiger partial charge in [-0.05, 0) is 37.3 Å². The largest absolute Gasteiger partial charge is 0.489 e. The van der Waals surface area contributed by atoms with E-state index >= 15 is 0 Å². The number of hydrogen-bond donors (Lipinski definition) is 1. The minimum Gasteiger partial charge on any atom is -0.489 e. The van der Waals surface area contributed by atoms with Gasteiger partial charge in [0, 0.05) is 24.2 Å². The first-order chi connectivity index (χ1) is 10.3. The topological polar surface area (TPSA) is 47.3 Å². The third-order valence-corrected chi connectivity index (χ3v) is 3.23. The molecule has 0 fully saturated rings. The molecule has 21 heavy (non-hydrogen) atoms. The highest BCUT2D eigenvalue weighted by molar-refractivity contribution is 5.79. The fourth-order valence-electron chi connectivity index (χ4n) is 2.21. The predicted molar refractivity (Wildman–Crippen MR) is 82.2 cm³/mol. The van der Waals surface area contributed by atoms with E-state index in [1.807, 2.05) is 49.4 Å². The Bertz CT molecular complexity index is 695. The van der Waals surface area contributed by atoms with Gasteiger partial charge in [-0.1, -0.05) is 6.07 Å². The van der Waals surface area contributed by atoms with E-state index in [4.69, 9.17) is 9.15 Å². The number of ether oxygens (including phenoxy) is 1. The Morgan fingerprint density at radius 1 is 1.24 bits per heavy atom. The van der Waals surface area contributed by atoms with Gasteiger partial charge in [-0.2, -0.15) is 0 Å². The smallest absolute Gasteiger partial charge is 0.121 e. The molecule has 1 atom stereocenters. The van der Waals surface area contributed by atoms with Crippen LogP contribution in [0.4, 0.5) is 0 Å². The molecule has 0 aliphatic heterocycles. The monoisotopic (exact) mass is 282 g/mol. The van der Waals surface area contributed by atoms with Crippen LogP contribution in [0.3, 0.4) is 0 Å². The Kier molecular flexibility index (Phi) is 4.17. The molecule has 0 radical (unpaired) electrons. The molecule has 0 aliphatic rings. The van der Waals surface area contributed by atoms with Crippen molar-refractivity contribution in [2.24, 2.45) is 0 Å². The number of furan rings is 1. The molecule has 1 N–H and O–H groups in total. The maximum absolute atomic E-state index is 5.91. The summed E-state index contributed by atoms with van der Waals surface area (Å²) in [5.74, 6) is 1.77. The van der Waals surface area contributed by atoms with Crippen LogP contribution in [0.5, 0.6) is 5.75 Å². The summed E-state index contributed by atoms with van der Waals surface area (Å²) < 4.78 is 11.2. The molecule has 2 aromatic heterocycles. The minimum absolute atomic E-state index is 0.0705. The van der Waals surface area contributed by atoms with Gasteiger partial charge in [0.25, 0.3) is 0 Å². The van der Waals surface area contributed by atoms with Crippen LogP contribution >= 0.6 is 0 Å². The van der Waals surface area contributed by atoms with Crippen molar-refractivity contribution in [2.45, 2.75) is 19.6 Å². The van der Waals surface area contributed by atoms with Crippen molar-refractivity contribution in [3.8, 4) is 5.75 Å². The van der Waals surface area contributed by atoms with Crippen LogP contribution in [0, 0.1) is 0 Å². The summed E-state index contributed by atoms with van der Waals surface area (Å²) in [6, 6.07) is 13.8. The van der Waals surface area contributed by atoms with E-state index in [-0.39, 0.29) is 6.10 Å². The molecular formula is C17H18N2O2. The zero-order valence-electron chi connectivity index (χ0n) is 12.0. The standard InChI is InChI=1S/C17H18N2O2/c1-13(11-18-12-16-5-3-9-20-16)21-15-7-6-14-4-2-8-19-17(14)10-15/h2-10,13,18H,11-12H2,1H3. The molecule has 3 aromatic rings. The molecule has 0 saturated heterocycles. The molecule has 0 saturated carbocycles. The van der Waals surface area contributed by atoms with E-state index in [0.717, 1.165) is 29.0 Å². The molecule has 0 bridgehead atoms. The number of hydrogen-bond acceptors (Lipinski definition) is 4. The van der Waals surface area contributed by atoms with Crippen LogP contribution in [-0.2, 0) is 6.54 Å². The Balaban J connectivity index is 1.54. The minimum atomic E-state index is 0.0705. The second-order valence-electron chi connectivity index (χ2n) is 5.00. The Labute approximate surface area is 123 Å².